The smallest absolute Gasteiger partial charge is 0.407 e. The minimum Gasteiger partial charge on any atom is -0.465 e. The Morgan fingerprint density at radius 3 is 3.06 bits per heavy atom. The fourth-order valence-electron chi connectivity index (χ4n) is 2.44. The van der Waals surface area contributed by atoms with Crippen molar-refractivity contribution in [2.45, 2.75) is 19.4 Å². The molecule has 0 saturated carbocycles. The van der Waals surface area contributed by atoms with Crippen LogP contribution in [0.5, 0.6) is 0 Å². The molecule has 1 aromatic carbocycles. The summed E-state index contributed by atoms with van der Waals surface area (Å²) < 4.78 is 2.31. The molecule has 1 aromatic heterocycles. The van der Waals surface area contributed by atoms with E-state index in [1.807, 2.05) is 0 Å². The molecule has 3 rings (SSSR count). The maximum atomic E-state index is 11.1. The van der Waals surface area contributed by atoms with Gasteiger partial charge in [-0.15, -0.1) is 11.3 Å². The summed E-state index contributed by atoms with van der Waals surface area (Å²) in [5, 5.41) is 10.4. The summed E-state index contributed by atoms with van der Waals surface area (Å²) in [5.41, 5.74) is 1.34. The van der Waals surface area contributed by atoms with Gasteiger partial charge in [0.2, 0.25) is 0 Å². The van der Waals surface area contributed by atoms with Crippen molar-refractivity contribution >= 4 is 43.4 Å². The average Bonchev–Trinajstić information content (AvgIpc) is 2.52. The molecule has 0 bridgehead atoms. The van der Waals surface area contributed by atoms with E-state index in [0.29, 0.717) is 13.1 Å². The van der Waals surface area contributed by atoms with Gasteiger partial charge in [0, 0.05) is 20.6 Å². The first-order valence-electron chi connectivity index (χ1n) is 5.83. The molecule has 0 aliphatic carbocycles. The summed E-state index contributed by atoms with van der Waals surface area (Å²) >= 11 is 5.19. The maximum Gasteiger partial charge on any atom is 0.407 e. The lowest BCUT2D eigenvalue weighted by atomic mass is 10.1. The maximum absolute atomic E-state index is 11.1. The Morgan fingerprint density at radius 2 is 2.28 bits per heavy atom. The van der Waals surface area contributed by atoms with Crippen LogP contribution in [0, 0.1) is 0 Å². The number of hydrogen-bond donors (Lipinski definition) is 1. The van der Waals surface area contributed by atoms with Crippen LogP contribution in [-0.2, 0) is 13.0 Å². The quantitative estimate of drug-likeness (QED) is 0.792. The van der Waals surface area contributed by atoms with Crippen LogP contribution in [-0.4, -0.2) is 22.6 Å². The number of hydrogen-bond acceptors (Lipinski definition) is 2. The molecule has 2 heterocycles. The number of rotatable bonds is 0. The monoisotopic (exact) mass is 325 g/mol. The number of carboxylic acid groups (broad SMARTS) is 1. The second kappa shape index (κ2) is 4.55. The van der Waals surface area contributed by atoms with Crippen LogP contribution in [0.25, 0.3) is 10.1 Å². The Labute approximate surface area is 117 Å². The van der Waals surface area contributed by atoms with Gasteiger partial charge in [-0.2, -0.15) is 0 Å². The number of thiophene rings is 1. The van der Waals surface area contributed by atoms with Gasteiger partial charge < -0.3 is 10.0 Å². The van der Waals surface area contributed by atoms with Crippen LogP contribution in [0.4, 0.5) is 4.79 Å². The van der Waals surface area contributed by atoms with Crippen molar-refractivity contribution < 1.29 is 9.90 Å². The zero-order chi connectivity index (χ0) is 12.7. The zero-order valence-corrected chi connectivity index (χ0v) is 12.1. The van der Waals surface area contributed by atoms with Crippen LogP contribution in [0.2, 0.25) is 0 Å². The molecule has 1 aliphatic rings. The summed E-state index contributed by atoms with van der Waals surface area (Å²) in [5.74, 6) is 0. The van der Waals surface area contributed by atoms with E-state index in [-0.39, 0.29) is 0 Å². The van der Waals surface area contributed by atoms with Crippen LogP contribution >= 0.6 is 27.3 Å². The lowest BCUT2D eigenvalue weighted by molar-refractivity contribution is 0.143. The topological polar surface area (TPSA) is 40.5 Å². The first-order valence-corrected chi connectivity index (χ1v) is 7.44. The van der Waals surface area contributed by atoms with Gasteiger partial charge in [-0.1, -0.05) is 22.0 Å². The molecule has 0 spiro atoms. The Kier molecular flexibility index (Phi) is 3.03. The molecule has 1 aliphatic heterocycles. The summed E-state index contributed by atoms with van der Waals surface area (Å²) in [6.45, 7) is 1.16. The predicted octanol–water partition coefficient (Wildman–Crippen LogP) is 4.09. The van der Waals surface area contributed by atoms with Crippen molar-refractivity contribution in [1.29, 1.82) is 0 Å². The zero-order valence-electron chi connectivity index (χ0n) is 9.65. The van der Waals surface area contributed by atoms with Gasteiger partial charge in [-0.3, -0.25) is 0 Å². The van der Waals surface area contributed by atoms with Crippen LogP contribution in [0.3, 0.4) is 0 Å². The molecule has 1 N–H and O–H groups in total. The molecule has 3 nitrogen and oxygen atoms in total. The fraction of sp³-hybridized carbons (Fsp3) is 0.308. The summed E-state index contributed by atoms with van der Waals surface area (Å²) in [6, 6.07) is 6.29. The Morgan fingerprint density at radius 1 is 1.44 bits per heavy atom. The van der Waals surface area contributed by atoms with E-state index in [9.17, 15) is 4.79 Å². The number of fused-ring (bicyclic) bond motifs is 3. The third-order valence-corrected chi connectivity index (χ3v) is 4.97. The highest BCUT2D eigenvalue weighted by Gasteiger charge is 2.21. The summed E-state index contributed by atoms with van der Waals surface area (Å²) in [4.78, 5) is 13.8. The molecule has 94 valence electrons. The van der Waals surface area contributed by atoms with Crippen molar-refractivity contribution in [3.63, 3.8) is 0 Å². The van der Waals surface area contributed by atoms with E-state index in [0.717, 1.165) is 17.3 Å². The molecular formula is C13H12BrNO2S. The van der Waals surface area contributed by atoms with E-state index >= 15 is 0 Å². The number of nitrogens with zero attached hydrogens (tertiary/aromatic N) is 1. The first kappa shape index (κ1) is 12.0. The van der Waals surface area contributed by atoms with Crippen molar-refractivity contribution in [2.75, 3.05) is 6.54 Å². The molecule has 0 unspecified atom stereocenters. The van der Waals surface area contributed by atoms with Crippen LogP contribution < -0.4 is 0 Å². The van der Waals surface area contributed by atoms with E-state index in [2.05, 4.69) is 34.1 Å². The number of aryl methyl sites for hydroxylation is 1. The summed E-state index contributed by atoms with van der Waals surface area (Å²) in [7, 11) is 0. The fourth-order valence-corrected chi connectivity index (χ4v) is 4.26. The highest BCUT2D eigenvalue weighted by Crippen LogP contribution is 2.36. The Bertz CT molecular complexity index is 623. The minimum atomic E-state index is -0.818. The van der Waals surface area contributed by atoms with Gasteiger partial charge in [0.25, 0.3) is 0 Å². The number of halogens is 1. The predicted molar refractivity (Wildman–Crippen MR) is 76.3 cm³/mol. The van der Waals surface area contributed by atoms with Crippen molar-refractivity contribution in [3.8, 4) is 0 Å². The third-order valence-electron chi connectivity index (χ3n) is 3.30. The Hall–Kier alpha value is -1.07. The SMILES string of the molecule is O=C(O)N1CCCc2c(sc3cc(Br)ccc23)C1. The van der Waals surface area contributed by atoms with E-state index in [1.165, 1.54) is 25.4 Å². The van der Waals surface area contributed by atoms with Gasteiger partial charge >= 0.3 is 6.09 Å². The standard InChI is InChI=1S/C13H12BrNO2S/c14-8-3-4-10-9-2-1-5-15(13(16)17)7-12(9)18-11(10)6-8/h3-4,6H,1-2,5,7H2,(H,16,17). The van der Waals surface area contributed by atoms with Crippen LogP contribution in [0.1, 0.15) is 16.9 Å². The normalized spacial score (nSPS) is 15.5. The van der Waals surface area contributed by atoms with Gasteiger partial charge in [0.1, 0.15) is 0 Å². The minimum absolute atomic E-state index is 0.529. The van der Waals surface area contributed by atoms with Crippen molar-refractivity contribution in [2.24, 2.45) is 0 Å². The van der Waals surface area contributed by atoms with Gasteiger partial charge in [-0.05, 0) is 35.9 Å². The highest BCUT2D eigenvalue weighted by molar-refractivity contribution is 9.10. The first-order chi connectivity index (χ1) is 8.65. The summed E-state index contributed by atoms with van der Waals surface area (Å²) in [6.07, 6.45) is 1.06. The van der Waals surface area contributed by atoms with Gasteiger partial charge in [0.15, 0.2) is 0 Å². The largest absolute Gasteiger partial charge is 0.465 e. The van der Waals surface area contributed by atoms with Gasteiger partial charge in [-0.25, -0.2) is 4.79 Å². The lowest BCUT2D eigenvalue weighted by Crippen LogP contribution is -2.28. The molecule has 18 heavy (non-hydrogen) atoms. The lowest BCUT2D eigenvalue weighted by Gasteiger charge is -2.15. The van der Waals surface area contributed by atoms with Crippen molar-refractivity contribution in [1.82, 2.24) is 4.90 Å². The van der Waals surface area contributed by atoms with E-state index in [4.69, 9.17) is 5.11 Å². The van der Waals surface area contributed by atoms with Gasteiger partial charge in [0.05, 0.1) is 6.54 Å². The number of amides is 1. The molecule has 5 heteroatoms. The van der Waals surface area contributed by atoms with E-state index in [1.54, 1.807) is 11.3 Å². The second-order valence-corrected chi connectivity index (χ2v) is 6.50. The molecule has 0 radical (unpaired) electrons. The molecule has 0 atom stereocenters. The number of benzene rings is 1. The second-order valence-electron chi connectivity index (χ2n) is 4.45. The molecule has 0 saturated heterocycles. The highest BCUT2D eigenvalue weighted by atomic mass is 79.9. The van der Waals surface area contributed by atoms with Crippen LogP contribution in [0.15, 0.2) is 22.7 Å². The van der Waals surface area contributed by atoms with E-state index < -0.39 is 6.09 Å². The average molecular weight is 326 g/mol. The Balaban J connectivity index is 2.10. The van der Waals surface area contributed by atoms with Crippen molar-refractivity contribution in [3.05, 3.63) is 33.1 Å². The number of carbonyl (C=O) groups is 1. The molecular weight excluding hydrogens is 314 g/mol. The molecule has 0 fully saturated rings. The molecule has 2 aromatic rings. The third kappa shape index (κ3) is 2.01. The molecule has 1 amide bonds.